The van der Waals surface area contributed by atoms with Crippen molar-refractivity contribution < 1.29 is 9.53 Å². The number of ether oxygens (including phenoxy) is 1. The van der Waals surface area contributed by atoms with Crippen LogP contribution >= 0.6 is 12.4 Å². The lowest BCUT2D eigenvalue weighted by atomic mass is 10.2. The number of carbonyl (C=O) groups is 1. The largest absolute Gasteiger partial charge is 0.467 e. The number of carbonyl (C=O) groups excluding carboxylic acids is 1. The van der Waals surface area contributed by atoms with Gasteiger partial charge in [-0.15, -0.1) is 12.4 Å². The van der Waals surface area contributed by atoms with E-state index in [-0.39, 0.29) is 12.4 Å². The SMILES string of the molecule is COC(=O)C(C)(N)N.Cl. The Bertz CT molecular complexity index is 99.2. The lowest BCUT2D eigenvalue weighted by molar-refractivity contribution is -0.146. The summed E-state index contributed by atoms with van der Waals surface area (Å²) in [5.41, 5.74) is 8.83. The molecule has 0 aliphatic heterocycles. The minimum Gasteiger partial charge on any atom is -0.467 e. The van der Waals surface area contributed by atoms with Crippen molar-refractivity contribution in [2.24, 2.45) is 11.5 Å². The van der Waals surface area contributed by atoms with Crippen molar-refractivity contribution in [2.75, 3.05) is 7.11 Å². The van der Waals surface area contributed by atoms with E-state index in [0.717, 1.165) is 0 Å². The van der Waals surface area contributed by atoms with Crippen LogP contribution in [0.3, 0.4) is 0 Å². The predicted octanol–water partition coefficient (Wildman–Crippen LogP) is -0.785. The number of hydrogen-bond donors (Lipinski definition) is 2. The van der Waals surface area contributed by atoms with E-state index in [1.807, 2.05) is 0 Å². The van der Waals surface area contributed by atoms with Crippen LogP contribution in [0.25, 0.3) is 0 Å². The van der Waals surface area contributed by atoms with Gasteiger partial charge in [0.15, 0.2) is 5.66 Å². The van der Waals surface area contributed by atoms with E-state index >= 15 is 0 Å². The van der Waals surface area contributed by atoms with Crippen molar-refractivity contribution in [1.82, 2.24) is 0 Å². The highest BCUT2D eigenvalue weighted by molar-refractivity contribution is 5.85. The highest BCUT2D eigenvalue weighted by Crippen LogP contribution is 1.88. The van der Waals surface area contributed by atoms with Crippen molar-refractivity contribution in [3.63, 3.8) is 0 Å². The molecule has 0 bridgehead atoms. The Hall–Kier alpha value is -0.320. The van der Waals surface area contributed by atoms with Crippen LogP contribution in [0.4, 0.5) is 0 Å². The van der Waals surface area contributed by atoms with Gasteiger partial charge in [0.05, 0.1) is 7.11 Å². The number of hydrogen-bond acceptors (Lipinski definition) is 4. The molecule has 0 fully saturated rings. The molecule has 0 spiro atoms. The normalized spacial score (nSPS) is 9.78. The third kappa shape index (κ3) is 4.20. The quantitative estimate of drug-likeness (QED) is 0.384. The second-order valence-corrected chi connectivity index (χ2v) is 1.77. The fraction of sp³-hybridized carbons (Fsp3) is 0.750. The first kappa shape index (κ1) is 11.5. The van der Waals surface area contributed by atoms with Gasteiger partial charge in [-0.25, -0.2) is 4.79 Å². The minimum absolute atomic E-state index is 0. The highest BCUT2D eigenvalue weighted by atomic mass is 35.5. The maximum absolute atomic E-state index is 10.4. The maximum atomic E-state index is 10.4. The Kier molecular flexibility index (Phi) is 4.66. The number of methoxy groups -OCH3 is 1. The standard InChI is InChI=1S/C4H10N2O2.ClH/c1-4(5,6)3(7)8-2;/h5-6H2,1-2H3;1H. The minimum atomic E-state index is -1.35. The van der Waals surface area contributed by atoms with Gasteiger partial charge in [0.1, 0.15) is 0 Å². The van der Waals surface area contributed by atoms with Gasteiger partial charge < -0.3 is 16.2 Å². The van der Waals surface area contributed by atoms with E-state index in [0.29, 0.717) is 0 Å². The number of nitrogens with two attached hydrogens (primary N) is 2. The zero-order chi connectivity index (χ0) is 6.78. The number of halogens is 1. The third-order valence-corrected chi connectivity index (χ3v) is 0.625. The van der Waals surface area contributed by atoms with Gasteiger partial charge >= 0.3 is 5.97 Å². The molecule has 4 N–H and O–H groups in total. The van der Waals surface area contributed by atoms with Gasteiger partial charge in [0, 0.05) is 0 Å². The number of esters is 1. The molecule has 0 radical (unpaired) electrons. The molecule has 0 aliphatic carbocycles. The van der Waals surface area contributed by atoms with Crippen molar-refractivity contribution in [1.29, 1.82) is 0 Å². The fourth-order valence-corrected chi connectivity index (χ4v) is 0.220. The lowest BCUT2D eigenvalue weighted by Gasteiger charge is -2.13. The first-order valence-corrected chi connectivity index (χ1v) is 2.14. The second-order valence-electron chi connectivity index (χ2n) is 1.77. The van der Waals surface area contributed by atoms with Crippen LogP contribution in [0.1, 0.15) is 6.92 Å². The van der Waals surface area contributed by atoms with Gasteiger partial charge in [0.25, 0.3) is 0 Å². The van der Waals surface area contributed by atoms with Crippen LogP contribution < -0.4 is 11.5 Å². The van der Waals surface area contributed by atoms with E-state index in [9.17, 15) is 4.79 Å². The summed E-state index contributed by atoms with van der Waals surface area (Å²) >= 11 is 0. The van der Waals surface area contributed by atoms with E-state index in [4.69, 9.17) is 11.5 Å². The third-order valence-electron chi connectivity index (χ3n) is 0.625. The van der Waals surface area contributed by atoms with Gasteiger partial charge in [-0.3, -0.25) is 0 Å². The topological polar surface area (TPSA) is 78.3 Å². The van der Waals surface area contributed by atoms with Crippen LogP contribution in [0, 0.1) is 0 Å². The molecule has 4 nitrogen and oxygen atoms in total. The summed E-state index contributed by atoms with van der Waals surface area (Å²) in [5.74, 6) is -0.613. The molecule has 0 aromatic carbocycles. The molecule has 9 heavy (non-hydrogen) atoms. The van der Waals surface area contributed by atoms with Crippen LogP contribution in [0.2, 0.25) is 0 Å². The molecule has 0 amide bonds. The molecule has 0 aromatic rings. The maximum Gasteiger partial charge on any atom is 0.340 e. The van der Waals surface area contributed by atoms with Crippen LogP contribution in [0.5, 0.6) is 0 Å². The van der Waals surface area contributed by atoms with E-state index in [1.165, 1.54) is 14.0 Å². The first-order chi connectivity index (χ1) is 3.48. The summed E-state index contributed by atoms with van der Waals surface area (Å²) in [6, 6.07) is 0. The summed E-state index contributed by atoms with van der Waals surface area (Å²) in [6.45, 7) is 1.37. The fourth-order valence-electron chi connectivity index (χ4n) is 0.220. The average molecular weight is 155 g/mol. The zero-order valence-corrected chi connectivity index (χ0v) is 6.20. The Morgan fingerprint density at radius 2 is 1.89 bits per heavy atom. The van der Waals surface area contributed by atoms with Gasteiger partial charge in [0.2, 0.25) is 0 Å². The van der Waals surface area contributed by atoms with E-state index in [1.54, 1.807) is 0 Å². The molecular formula is C4H11ClN2O2. The molecule has 0 heterocycles. The van der Waals surface area contributed by atoms with E-state index in [2.05, 4.69) is 4.74 Å². The van der Waals surface area contributed by atoms with Crippen LogP contribution in [0.15, 0.2) is 0 Å². The predicted molar refractivity (Wildman–Crippen MR) is 36.0 cm³/mol. The van der Waals surface area contributed by atoms with Gasteiger partial charge in [-0.05, 0) is 6.92 Å². The molecular weight excluding hydrogens is 144 g/mol. The highest BCUT2D eigenvalue weighted by Gasteiger charge is 2.22. The summed E-state index contributed by atoms with van der Waals surface area (Å²) < 4.78 is 4.23. The molecule has 0 saturated carbocycles. The number of rotatable bonds is 1. The lowest BCUT2D eigenvalue weighted by Crippen LogP contribution is -2.54. The Balaban J connectivity index is 0. The Morgan fingerprint density at radius 3 is 1.89 bits per heavy atom. The molecule has 56 valence electrons. The average Bonchev–Trinajstić information content (AvgIpc) is 1.62. The molecule has 0 unspecified atom stereocenters. The van der Waals surface area contributed by atoms with Gasteiger partial charge in [-0.1, -0.05) is 0 Å². The van der Waals surface area contributed by atoms with E-state index < -0.39 is 11.6 Å². The molecule has 5 heteroatoms. The monoisotopic (exact) mass is 154 g/mol. The summed E-state index contributed by atoms with van der Waals surface area (Å²) in [5, 5.41) is 0. The summed E-state index contributed by atoms with van der Waals surface area (Å²) in [7, 11) is 1.24. The molecule has 0 aromatic heterocycles. The van der Waals surface area contributed by atoms with Crippen LogP contribution in [-0.4, -0.2) is 18.7 Å². The first-order valence-electron chi connectivity index (χ1n) is 2.14. The smallest absolute Gasteiger partial charge is 0.340 e. The second kappa shape index (κ2) is 3.66. The van der Waals surface area contributed by atoms with Crippen LogP contribution in [-0.2, 0) is 9.53 Å². The molecule has 0 saturated heterocycles. The Labute approximate surface area is 59.9 Å². The molecule has 0 aliphatic rings. The summed E-state index contributed by atoms with van der Waals surface area (Å²) in [6.07, 6.45) is 0. The van der Waals surface area contributed by atoms with Crippen molar-refractivity contribution in [3.05, 3.63) is 0 Å². The zero-order valence-electron chi connectivity index (χ0n) is 5.38. The molecule has 0 atom stereocenters. The van der Waals surface area contributed by atoms with Crippen molar-refractivity contribution in [3.8, 4) is 0 Å². The molecule has 0 rings (SSSR count). The van der Waals surface area contributed by atoms with Gasteiger partial charge in [-0.2, -0.15) is 0 Å². The van der Waals surface area contributed by atoms with Crippen molar-refractivity contribution in [2.45, 2.75) is 12.6 Å². The van der Waals surface area contributed by atoms with Crippen molar-refractivity contribution >= 4 is 18.4 Å². The summed E-state index contributed by atoms with van der Waals surface area (Å²) in [4.78, 5) is 10.4. The Morgan fingerprint density at radius 1 is 1.56 bits per heavy atom.